The van der Waals surface area contributed by atoms with E-state index in [1.807, 2.05) is 0 Å². The van der Waals surface area contributed by atoms with Crippen molar-refractivity contribution in [1.82, 2.24) is 0 Å². The highest BCUT2D eigenvalue weighted by molar-refractivity contribution is 6.30. The van der Waals surface area contributed by atoms with Crippen LogP contribution >= 0.6 is 11.6 Å². The number of ether oxygens (including phenoxy) is 2. The van der Waals surface area contributed by atoms with Gasteiger partial charge in [-0.25, -0.2) is 0 Å². The van der Waals surface area contributed by atoms with Crippen molar-refractivity contribution in [2.75, 3.05) is 25.7 Å². The zero-order chi connectivity index (χ0) is 17.5. The lowest BCUT2D eigenvalue weighted by Gasteiger charge is -2.18. The Morgan fingerprint density at radius 1 is 1.25 bits per heavy atom. The van der Waals surface area contributed by atoms with Gasteiger partial charge in [0.1, 0.15) is 18.1 Å². The SMILES string of the molecule is C#CCOc1ccc(N(C)C(=O)Cc2cc(Cl)ccc2OC)cc1. The van der Waals surface area contributed by atoms with E-state index in [-0.39, 0.29) is 18.9 Å². The van der Waals surface area contributed by atoms with Crippen molar-refractivity contribution in [3.05, 3.63) is 53.1 Å². The summed E-state index contributed by atoms with van der Waals surface area (Å²) in [6.07, 6.45) is 5.34. The smallest absolute Gasteiger partial charge is 0.231 e. The molecule has 5 heteroatoms. The Morgan fingerprint density at radius 2 is 1.96 bits per heavy atom. The van der Waals surface area contributed by atoms with Crippen LogP contribution in [0.25, 0.3) is 0 Å². The predicted octanol–water partition coefficient (Wildman–Crippen LogP) is 3.57. The lowest BCUT2D eigenvalue weighted by molar-refractivity contribution is -0.117. The number of benzene rings is 2. The van der Waals surface area contributed by atoms with Gasteiger partial charge in [0.05, 0.1) is 13.5 Å². The summed E-state index contributed by atoms with van der Waals surface area (Å²) in [5.74, 6) is 3.63. The van der Waals surface area contributed by atoms with Gasteiger partial charge in [0.25, 0.3) is 0 Å². The standard InChI is InChI=1S/C19H18ClNO3/c1-4-11-24-17-8-6-16(7-9-17)21(2)19(22)13-14-12-15(20)5-10-18(14)23-3/h1,5-10,12H,11,13H2,2-3H3. The molecule has 4 nitrogen and oxygen atoms in total. The number of amides is 1. The molecule has 124 valence electrons. The Hall–Kier alpha value is -2.64. The van der Waals surface area contributed by atoms with Crippen molar-refractivity contribution < 1.29 is 14.3 Å². The Morgan fingerprint density at radius 3 is 2.58 bits per heavy atom. The summed E-state index contributed by atoms with van der Waals surface area (Å²) in [5, 5.41) is 0.566. The van der Waals surface area contributed by atoms with Gasteiger partial charge in [-0.2, -0.15) is 0 Å². The number of hydrogen-bond acceptors (Lipinski definition) is 3. The first kappa shape index (κ1) is 17.7. The van der Waals surface area contributed by atoms with Crippen LogP contribution in [0, 0.1) is 12.3 Å². The van der Waals surface area contributed by atoms with Crippen molar-refractivity contribution in [2.24, 2.45) is 0 Å². The first-order valence-corrected chi connectivity index (χ1v) is 7.68. The number of rotatable bonds is 6. The molecule has 0 atom stereocenters. The van der Waals surface area contributed by atoms with E-state index < -0.39 is 0 Å². The number of methoxy groups -OCH3 is 1. The molecule has 0 heterocycles. The molecule has 0 saturated carbocycles. The maximum atomic E-state index is 12.5. The first-order chi connectivity index (χ1) is 11.5. The van der Waals surface area contributed by atoms with E-state index in [1.54, 1.807) is 61.5 Å². The number of likely N-dealkylation sites (N-methyl/N-ethyl adjacent to an activating group) is 1. The van der Waals surface area contributed by atoms with E-state index in [1.165, 1.54) is 0 Å². The summed E-state index contributed by atoms with van der Waals surface area (Å²) < 4.78 is 10.6. The van der Waals surface area contributed by atoms with Crippen LogP contribution in [0.4, 0.5) is 5.69 Å². The largest absolute Gasteiger partial charge is 0.496 e. The normalized spacial score (nSPS) is 9.92. The Bertz CT molecular complexity index is 750. The van der Waals surface area contributed by atoms with Crippen LogP contribution in [0.2, 0.25) is 5.02 Å². The van der Waals surface area contributed by atoms with Crippen molar-refractivity contribution in [3.8, 4) is 23.8 Å². The molecule has 2 aromatic carbocycles. The highest BCUT2D eigenvalue weighted by Crippen LogP contribution is 2.25. The fraction of sp³-hybridized carbons (Fsp3) is 0.211. The second-order valence-electron chi connectivity index (χ2n) is 5.07. The molecule has 0 aliphatic heterocycles. The average Bonchev–Trinajstić information content (AvgIpc) is 2.60. The fourth-order valence-electron chi connectivity index (χ4n) is 2.20. The van der Waals surface area contributed by atoms with Crippen LogP contribution in [-0.2, 0) is 11.2 Å². The lowest BCUT2D eigenvalue weighted by Crippen LogP contribution is -2.27. The molecular weight excluding hydrogens is 326 g/mol. The fourth-order valence-corrected chi connectivity index (χ4v) is 2.40. The monoisotopic (exact) mass is 343 g/mol. The van der Waals surface area contributed by atoms with Crippen molar-refractivity contribution in [2.45, 2.75) is 6.42 Å². The maximum absolute atomic E-state index is 12.5. The molecule has 0 fully saturated rings. The van der Waals surface area contributed by atoms with Crippen LogP contribution in [0.5, 0.6) is 11.5 Å². The number of hydrogen-bond donors (Lipinski definition) is 0. The van der Waals surface area contributed by atoms with Gasteiger partial charge in [-0.3, -0.25) is 4.79 Å². The maximum Gasteiger partial charge on any atom is 0.231 e. The summed E-state index contributed by atoms with van der Waals surface area (Å²) in [5.41, 5.74) is 1.50. The van der Waals surface area contributed by atoms with Gasteiger partial charge in [0.15, 0.2) is 0 Å². The third kappa shape index (κ3) is 4.43. The van der Waals surface area contributed by atoms with Crippen LogP contribution in [0.3, 0.4) is 0 Å². The molecule has 2 rings (SSSR count). The van der Waals surface area contributed by atoms with Gasteiger partial charge in [-0.1, -0.05) is 17.5 Å². The molecule has 0 aliphatic carbocycles. The summed E-state index contributed by atoms with van der Waals surface area (Å²) in [6.45, 7) is 0.211. The summed E-state index contributed by atoms with van der Waals surface area (Å²) in [6, 6.07) is 12.4. The Kier molecular flexibility index (Phi) is 6.11. The topological polar surface area (TPSA) is 38.8 Å². The van der Waals surface area contributed by atoms with Crippen molar-refractivity contribution in [1.29, 1.82) is 0 Å². The minimum absolute atomic E-state index is 0.0761. The van der Waals surface area contributed by atoms with Gasteiger partial charge in [0.2, 0.25) is 5.91 Å². The Balaban J connectivity index is 2.09. The van der Waals surface area contributed by atoms with Gasteiger partial charge >= 0.3 is 0 Å². The van der Waals surface area contributed by atoms with Crippen molar-refractivity contribution in [3.63, 3.8) is 0 Å². The van der Waals surface area contributed by atoms with Crippen LogP contribution < -0.4 is 14.4 Å². The van der Waals surface area contributed by atoms with E-state index in [0.29, 0.717) is 16.5 Å². The quantitative estimate of drug-likeness (QED) is 0.753. The number of carbonyl (C=O) groups is 1. The summed E-state index contributed by atoms with van der Waals surface area (Å²) >= 11 is 6.00. The molecule has 0 saturated heterocycles. The van der Waals surface area contributed by atoms with E-state index in [2.05, 4.69) is 5.92 Å². The number of carbonyl (C=O) groups excluding carboxylic acids is 1. The summed E-state index contributed by atoms with van der Waals surface area (Å²) in [7, 11) is 3.28. The molecule has 0 N–H and O–H groups in total. The number of anilines is 1. The molecule has 2 aromatic rings. The summed E-state index contributed by atoms with van der Waals surface area (Å²) in [4.78, 5) is 14.1. The third-order valence-electron chi connectivity index (χ3n) is 3.50. The van der Waals surface area contributed by atoms with Crippen LogP contribution in [0.15, 0.2) is 42.5 Å². The van der Waals surface area contributed by atoms with Gasteiger partial charge in [0, 0.05) is 23.3 Å². The van der Waals surface area contributed by atoms with Gasteiger partial charge in [-0.15, -0.1) is 6.42 Å². The van der Waals surface area contributed by atoms with E-state index in [0.717, 1.165) is 11.3 Å². The number of nitrogens with zero attached hydrogens (tertiary/aromatic N) is 1. The van der Waals surface area contributed by atoms with Gasteiger partial charge in [-0.05, 0) is 42.5 Å². The van der Waals surface area contributed by atoms with E-state index in [9.17, 15) is 4.79 Å². The molecule has 0 spiro atoms. The molecule has 0 bridgehead atoms. The van der Waals surface area contributed by atoms with E-state index >= 15 is 0 Å². The molecule has 0 radical (unpaired) electrons. The average molecular weight is 344 g/mol. The molecule has 0 unspecified atom stereocenters. The number of terminal acetylenes is 1. The predicted molar refractivity (Wildman–Crippen MR) is 95.9 cm³/mol. The minimum Gasteiger partial charge on any atom is -0.496 e. The second kappa shape index (κ2) is 8.28. The van der Waals surface area contributed by atoms with Gasteiger partial charge < -0.3 is 14.4 Å². The number of halogens is 1. The molecule has 0 aromatic heterocycles. The second-order valence-corrected chi connectivity index (χ2v) is 5.51. The molecule has 24 heavy (non-hydrogen) atoms. The Labute approximate surface area is 146 Å². The third-order valence-corrected chi connectivity index (χ3v) is 3.74. The lowest BCUT2D eigenvalue weighted by atomic mass is 10.1. The minimum atomic E-state index is -0.0761. The zero-order valence-electron chi connectivity index (χ0n) is 13.6. The van der Waals surface area contributed by atoms with Crippen molar-refractivity contribution >= 4 is 23.2 Å². The van der Waals surface area contributed by atoms with Crippen LogP contribution in [-0.4, -0.2) is 26.7 Å². The van der Waals surface area contributed by atoms with Crippen LogP contribution in [0.1, 0.15) is 5.56 Å². The zero-order valence-corrected chi connectivity index (χ0v) is 14.3. The highest BCUT2D eigenvalue weighted by atomic mass is 35.5. The van der Waals surface area contributed by atoms with E-state index in [4.69, 9.17) is 27.5 Å². The highest BCUT2D eigenvalue weighted by Gasteiger charge is 2.15. The molecule has 0 aliphatic rings. The molecular formula is C19H18ClNO3. The first-order valence-electron chi connectivity index (χ1n) is 7.30. The molecule has 1 amide bonds.